The molecular weight excluding hydrogens is 264 g/mol. The van der Waals surface area contributed by atoms with Gasteiger partial charge < -0.3 is 15.8 Å². The number of nitrogens with two attached hydrogens (primary N) is 1. The number of nitrogens with one attached hydrogen (secondary N) is 1. The number of hydrogen-bond acceptors (Lipinski definition) is 4. The lowest BCUT2D eigenvalue weighted by molar-refractivity contribution is 0.206. The molecule has 0 unspecified atom stereocenters. The van der Waals surface area contributed by atoms with Crippen LogP contribution in [-0.4, -0.2) is 30.7 Å². The number of rotatable bonds is 3. The molecule has 1 saturated heterocycles. The van der Waals surface area contributed by atoms with Crippen molar-refractivity contribution >= 4 is 11.5 Å². The van der Waals surface area contributed by atoms with Crippen molar-refractivity contribution in [2.24, 2.45) is 15.7 Å². The molecule has 1 saturated carbocycles. The molecule has 0 bridgehead atoms. The Bertz CT molecular complexity index is 565. The fourth-order valence-corrected chi connectivity index (χ4v) is 2.43. The SMILES string of the molecule is CC(=NC1=CC(OC2CC2)=CCC1)N=C1CNC/C1=C/N. The lowest BCUT2D eigenvalue weighted by atomic mass is 10.1. The van der Waals surface area contributed by atoms with Gasteiger partial charge in [-0.15, -0.1) is 0 Å². The van der Waals surface area contributed by atoms with E-state index in [1.807, 2.05) is 13.0 Å². The van der Waals surface area contributed by atoms with E-state index in [0.29, 0.717) is 6.10 Å². The van der Waals surface area contributed by atoms with Crippen LogP contribution in [0.1, 0.15) is 32.6 Å². The molecular formula is C16H22N4O. The zero-order valence-electron chi connectivity index (χ0n) is 12.4. The predicted molar refractivity (Wildman–Crippen MR) is 85.2 cm³/mol. The maximum atomic E-state index is 5.83. The first-order valence-corrected chi connectivity index (χ1v) is 7.56. The van der Waals surface area contributed by atoms with Crippen LogP contribution in [0.2, 0.25) is 0 Å². The minimum atomic E-state index is 0.430. The molecule has 0 aromatic rings. The van der Waals surface area contributed by atoms with E-state index in [1.165, 1.54) is 12.8 Å². The summed E-state index contributed by atoms with van der Waals surface area (Å²) >= 11 is 0. The smallest absolute Gasteiger partial charge is 0.125 e. The third-order valence-electron chi connectivity index (χ3n) is 3.66. The number of aliphatic imine (C=N–C) groups is 2. The van der Waals surface area contributed by atoms with Gasteiger partial charge in [0.15, 0.2) is 0 Å². The van der Waals surface area contributed by atoms with Crippen molar-refractivity contribution in [2.45, 2.75) is 38.7 Å². The highest BCUT2D eigenvalue weighted by Crippen LogP contribution is 2.29. The number of nitrogens with zero attached hydrogens (tertiary/aromatic N) is 2. The van der Waals surface area contributed by atoms with Gasteiger partial charge in [0.1, 0.15) is 11.6 Å². The monoisotopic (exact) mass is 286 g/mol. The Morgan fingerprint density at radius 1 is 1.43 bits per heavy atom. The molecule has 5 heteroatoms. The third kappa shape index (κ3) is 3.82. The lowest BCUT2D eigenvalue weighted by Gasteiger charge is -2.12. The van der Waals surface area contributed by atoms with E-state index in [0.717, 1.165) is 54.5 Å². The Kier molecular flexibility index (Phi) is 4.20. The van der Waals surface area contributed by atoms with E-state index in [4.69, 9.17) is 10.5 Å². The second kappa shape index (κ2) is 6.26. The van der Waals surface area contributed by atoms with E-state index in [-0.39, 0.29) is 0 Å². The lowest BCUT2D eigenvalue weighted by Crippen LogP contribution is -2.09. The molecule has 0 aromatic carbocycles. The van der Waals surface area contributed by atoms with E-state index in [2.05, 4.69) is 21.4 Å². The van der Waals surface area contributed by atoms with Gasteiger partial charge in [-0.1, -0.05) is 0 Å². The second-order valence-electron chi connectivity index (χ2n) is 5.61. The summed E-state index contributed by atoms with van der Waals surface area (Å²) in [5.41, 5.74) is 8.68. The first kappa shape index (κ1) is 14.1. The van der Waals surface area contributed by atoms with Gasteiger partial charge in [0.25, 0.3) is 0 Å². The quantitative estimate of drug-likeness (QED) is 0.616. The van der Waals surface area contributed by atoms with Crippen molar-refractivity contribution in [1.29, 1.82) is 0 Å². The average molecular weight is 286 g/mol. The van der Waals surface area contributed by atoms with Gasteiger partial charge in [0, 0.05) is 36.6 Å². The van der Waals surface area contributed by atoms with Crippen LogP contribution in [-0.2, 0) is 4.74 Å². The number of allylic oxidation sites excluding steroid dienone is 3. The number of hydrogen-bond donors (Lipinski definition) is 2. The highest BCUT2D eigenvalue weighted by atomic mass is 16.5. The summed E-state index contributed by atoms with van der Waals surface area (Å²) in [6.45, 7) is 3.47. The molecule has 0 amide bonds. The average Bonchev–Trinajstić information content (AvgIpc) is 3.16. The molecule has 1 heterocycles. The number of ether oxygens (including phenoxy) is 1. The van der Waals surface area contributed by atoms with Gasteiger partial charge in [-0.2, -0.15) is 0 Å². The van der Waals surface area contributed by atoms with E-state index in [1.54, 1.807) is 6.20 Å². The van der Waals surface area contributed by atoms with Gasteiger partial charge in [-0.25, -0.2) is 9.98 Å². The molecule has 1 aliphatic heterocycles. The van der Waals surface area contributed by atoms with Gasteiger partial charge in [0.05, 0.1) is 11.8 Å². The second-order valence-corrected chi connectivity index (χ2v) is 5.61. The topological polar surface area (TPSA) is 72.0 Å². The molecule has 21 heavy (non-hydrogen) atoms. The molecule has 3 N–H and O–H groups in total. The Morgan fingerprint density at radius 3 is 3.05 bits per heavy atom. The molecule has 2 aliphatic carbocycles. The van der Waals surface area contributed by atoms with E-state index in [9.17, 15) is 0 Å². The first-order chi connectivity index (χ1) is 10.2. The Morgan fingerprint density at radius 2 is 2.29 bits per heavy atom. The van der Waals surface area contributed by atoms with Crippen LogP contribution in [0, 0.1) is 0 Å². The zero-order chi connectivity index (χ0) is 14.7. The van der Waals surface area contributed by atoms with Crippen LogP contribution in [0.4, 0.5) is 0 Å². The Balaban J connectivity index is 1.70. The van der Waals surface area contributed by atoms with Crippen molar-refractivity contribution in [3.05, 3.63) is 35.4 Å². The van der Waals surface area contributed by atoms with Crippen molar-refractivity contribution < 1.29 is 4.74 Å². The highest BCUT2D eigenvalue weighted by molar-refractivity contribution is 6.09. The summed E-state index contributed by atoms with van der Waals surface area (Å²) in [5.74, 6) is 1.74. The molecule has 3 aliphatic rings. The van der Waals surface area contributed by atoms with Gasteiger partial charge >= 0.3 is 0 Å². The summed E-state index contributed by atoms with van der Waals surface area (Å²) in [6.07, 6.45) is 10.5. The van der Waals surface area contributed by atoms with Gasteiger partial charge in [0.2, 0.25) is 0 Å². The van der Waals surface area contributed by atoms with Crippen LogP contribution in [0.5, 0.6) is 0 Å². The Hall–Kier alpha value is -1.88. The third-order valence-corrected chi connectivity index (χ3v) is 3.66. The summed E-state index contributed by atoms with van der Waals surface area (Å²) in [5, 5.41) is 3.24. The van der Waals surface area contributed by atoms with E-state index >= 15 is 0 Å². The molecule has 0 radical (unpaired) electrons. The maximum Gasteiger partial charge on any atom is 0.125 e. The largest absolute Gasteiger partial charge is 0.491 e. The van der Waals surface area contributed by atoms with Gasteiger partial charge in [-0.05, 0) is 38.7 Å². The molecule has 2 fully saturated rings. The zero-order valence-corrected chi connectivity index (χ0v) is 12.4. The standard InChI is InChI=1S/C16H22N4O/c1-11(20-16-10-18-9-12(16)8-17)19-13-3-2-4-15(7-13)21-14-5-6-14/h4,7-8,14,18H,2-3,5-6,9-10,17H2,1H3/b12-8-,19-11?,20-16?. The fourth-order valence-electron chi connectivity index (χ4n) is 2.43. The molecule has 0 spiro atoms. The van der Waals surface area contributed by atoms with Gasteiger partial charge in [-0.3, -0.25) is 0 Å². The predicted octanol–water partition coefficient (Wildman–Crippen LogP) is 2.03. The van der Waals surface area contributed by atoms with E-state index < -0.39 is 0 Å². The Labute approximate surface area is 125 Å². The van der Waals surface area contributed by atoms with Crippen molar-refractivity contribution in [1.82, 2.24) is 5.32 Å². The fraction of sp³-hybridized carbons (Fsp3) is 0.500. The first-order valence-electron chi connectivity index (χ1n) is 7.56. The van der Waals surface area contributed by atoms with Crippen LogP contribution in [0.15, 0.2) is 45.4 Å². The normalized spacial score (nSPS) is 27.0. The van der Waals surface area contributed by atoms with Crippen LogP contribution < -0.4 is 11.1 Å². The molecule has 5 nitrogen and oxygen atoms in total. The molecule has 3 rings (SSSR count). The van der Waals surface area contributed by atoms with Crippen LogP contribution in [0.3, 0.4) is 0 Å². The highest BCUT2D eigenvalue weighted by Gasteiger charge is 2.24. The molecule has 0 aromatic heterocycles. The summed E-state index contributed by atoms with van der Waals surface area (Å²) in [7, 11) is 0. The molecule has 0 atom stereocenters. The summed E-state index contributed by atoms with van der Waals surface area (Å²) < 4.78 is 5.83. The summed E-state index contributed by atoms with van der Waals surface area (Å²) in [6, 6.07) is 0. The van der Waals surface area contributed by atoms with Crippen molar-refractivity contribution in [3.63, 3.8) is 0 Å². The van der Waals surface area contributed by atoms with Crippen molar-refractivity contribution in [2.75, 3.05) is 13.1 Å². The maximum absolute atomic E-state index is 5.83. The van der Waals surface area contributed by atoms with Crippen LogP contribution >= 0.6 is 0 Å². The number of amidine groups is 1. The van der Waals surface area contributed by atoms with Crippen LogP contribution in [0.25, 0.3) is 0 Å². The summed E-state index contributed by atoms with van der Waals surface area (Å²) in [4.78, 5) is 9.20. The minimum absolute atomic E-state index is 0.430. The van der Waals surface area contributed by atoms with Crippen molar-refractivity contribution in [3.8, 4) is 0 Å². The molecule has 112 valence electrons. The minimum Gasteiger partial charge on any atom is -0.491 e.